The number of sulfonamides is 1. The molecule has 1 amide bonds. The molecule has 2 aromatic rings. The number of hydrogen-bond donors (Lipinski definition) is 1. The largest absolute Gasteiger partial charge is 0.452 e. The van der Waals surface area contributed by atoms with Gasteiger partial charge in [0.15, 0.2) is 6.61 Å². The first-order valence-corrected chi connectivity index (χ1v) is 13.3. The van der Waals surface area contributed by atoms with Crippen molar-refractivity contribution in [3.8, 4) is 0 Å². The Bertz CT molecular complexity index is 1140. The SMILES string of the molecule is CN(c1ccccc1)S(=O)(=O)c1ccc(C(=O)OCC(=O)NC23CC4CC(CC(C4)C2)C3)cc1. The van der Waals surface area contributed by atoms with E-state index in [-0.39, 0.29) is 28.5 Å². The second-order valence-electron chi connectivity index (χ2n) is 10.2. The van der Waals surface area contributed by atoms with Gasteiger partial charge in [-0.3, -0.25) is 9.10 Å². The number of nitrogens with zero attached hydrogens (tertiary/aromatic N) is 1. The van der Waals surface area contributed by atoms with Gasteiger partial charge in [-0.2, -0.15) is 0 Å². The van der Waals surface area contributed by atoms with Crippen molar-refractivity contribution in [2.24, 2.45) is 17.8 Å². The molecule has 0 unspecified atom stereocenters. The number of para-hydroxylation sites is 1. The minimum atomic E-state index is -3.77. The summed E-state index contributed by atoms with van der Waals surface area (Å²) >= 11 is 0. The van der Waals surface area contributed by atoms with Crippen LogP contribution in [0.25, 0.3) is 0 Å². The third-order valence-electron chi connectivity index (χ3n) is 7.65. The summed E-state index contributed by atoms with van der Waals surface area (Å²) in [5.74, 6) is 1.22. The molecular weight excluding hydrogens is 452 g/mol. The number of benzene rings is 2. The lowest BCUT2D eigenvalue weighted by Gasteiger charge is -2.56. The van der Waals surface area contributed by atoms with Crippen molar-refractivity contribution in [3.05, 3.63) is 60.2 Å². The lowest BCUT2D eigenvalue weighted by molar-refractivity contribution is -0.130. The van der Waals surface area contributed by atoms with E-state index in [0.29, 0.717) is 23.4 Å². The van der Waals surface area contributed by atoms with Crippen molar-refractivity contribution in [1.29, 1.82) is 0 Å². The first-order chi connectivity index (χ1) is 16.2. The minimum Gasteiger partial charge on any atom is -0.452 e. The molecule has 4 aliphatic carbocycles. The van der Waals surface area contributed by atoms with Gasteiger partial charge in [-0.05, 0) is 92.7 Å². The van der Waals surface area contributed by atoms with Crippen LogP contribution < -0.4 is 9.62 Å². The van der Waals surface area contributed by atoms with E-state index in [4.69, 9.17) is 4.74 Å². The van der Waals surface area contributed by atoms with Gasteiger partial charge in [-0.15, -0.1) is 0 Å². The average Bonchev–Trinajstić information content (AvgIpc) is 2.81. The van der Waals surface area contributed by atoms with E-state index in [1.807, 2.05) is 6.07 Å². The normalized spacial score (nSPS) is 27.3. The monoisotopic (exact) mass is 482 g/mol. The second kappa shape index (κ2) is 8.73. The maximum Gasteiger partial charge on any atom is 0.338 e. The highest BCUT2D eigenvalue weighted by Gasteiger charge is 2.51. The second-order valence-corrected chi connectivity index (χ2v) is 12.1. The van der Waals surface area contributed by atoms with Crippen molar-refractivity contribution >= 4 is 27.6 Å². The zero-order valence-electron chi connectivity index (χ0n) is 19.3. The summed E-state index contributed by atoms with van der Waals surface area (Å²) in [7, 11) is -2.29. The van der Waals surface area contributed by atoms with E-state index in [1.165, 1.54) is 54.9 Å². The van der Waals surface area contributed by atoms with Gasteiger partial charge >= 0.3 is 5.97 Å². The average molecular weight is 483 g/mol. The Labute approximate surface area is 200 Å². The number of carbonyl (C=O) groups excluding carboxylic acids is 2. The number of anilines is 1. The number of carbonyl (C=O) groups is 2. The molecule has 0 aromatic heterocycles. The summed E-state index contributed by atoms with van der Waals surface area (Å²) in [5, 5.41) is 3.19. The summed E-state index contributed by atoms with van der Waals surface area (Å²) in [5.41, 5.74) is 0.610. The Hall–Kier alpha value is -2.87. The van der Waals surface area contributed by atoms with E-state index in [1.54, 1.807) is 24.3 Å². The van der Waals surface area contributed by atoms with Gasteiger partial charge < -0.3 is 10.1 Å². The van der Waals surface area contributed by atoms with Gasteiger partial charge in [0, 0.05) is 12.6 Å². The molecule has 0 saturated heterocycles. The summed E-state index contributed by atoms with van der Waals surface area (Å²) in [6.07, 6.45) is 6.97. The van der Waals surface area contributed by atoms with Gasteiger partial charge in [-0.1, -0.05) is 18.2 Å². The molecule has 4 fully saturated rings. The molecule has 0 aliphatic heterocycles. The maximum absolute atomic E-state index is 12.9. The molecule has 0 heterocycles. The molecular formula is C26H30N2O5S. The molecule has 4 bridgehead atoms. The van der Waals surface area contributed by atoms with Gasteiger partial charge in [-0.25, -0.2) is 13.2 Å². The number of esters is 1. The summed E-state index contributed by atoms with van der Waals surface area (Å²) < 4.78 is 32.2. The van der Waals surface area contributed by atoms with Crippen molar-refractivity contribution in [3.63, 3.8) is 0 Å². The van der Waals surface area contributed by atoms with Crippen molar-refractivity contribution in [2.45, 2.75) is 49.0 Å². The van der Waals surface area contributed by atoms with Crippen LogP contribution in [0.3, 0.4) is 0 Å². The Balaban J connectivity index is 1.18. The van der Waals surface area contributed by atoms with Crippen molar-refractivity contribution in [1.82, 2.24) is 5.32 Å². The third-order valence-corrected chi connectivity index (χ3v) is 9.45. The van der Waals surface area contributed by atoms with Crippen LogP contribution in [-0.2, 0) is 19.6 Å². The topological polar surface area (TPSA) is 92.8 Å². The van der Waals surface area contributed by atoms with Gasteiger partial charge in [0.25, 0.3) is 15.9 Å². The van der Waals surface area contributed by atoms with Crippen molar-refractivity contribution < 1.29 is 22.7 Å². The standard InChI is InChI=1S/C26H30N2O5S/c1-28(22-5-3-2-4-6-22)34(31,32)23-9-7-21(8-10-23)25(30)33-17-24(29)27-26-14-18-11-19(15-26)13-20(12-18)16-26/h2-10,18-20H,11-17H2,1H3,(H,27,29). The van der Waals surface area contributed by atoms with E-state index in [2.05, 4.69) is 5.32 Å². The van der Waals surface area contributed by atoms with Crippen LogP contribution in [0.5, 0.6) is 0 Å². The van der Waals surface area contributed by atoms with E-state index in [9.17, 15) is 18.0 Å². The number of hydrogen-bond acceptors (Lipinski definition) is 5. The number of amides is 1. The van der Waals surface area contributed by atoms with E-state index < -0.39 is 16.0 Å². The van der Waals surface area contributed by atoms with E-state index >= 15 is 0 Å². The first-order valence-electron chi connectivity index (χ1n) is 11.9. The highest BCUT2D eigenvalue weighted by atomic mass is 32.2. The zero-order chi connectivity index (χ0) is 23.9. The molecule has 0 atom stereocenters. The highest BCUT2D eigenvalue weighted by molar-refractivity contribution is 7.92. The van der Waals surface area contributed by atoms with Gasteiger partial charge in [0.1, 0.15) is 0 Å². The van der Waals surface area contributed by atoms with Crippen LogP contribution in [0.2, 0.25) is 0 Å². The molecule has 1 N–H and O–H groups in total. The highest BCUT2D eigenvalue weighted by Crippen LogP contribution is 2.55. The quantitative estimate of drug-likeness (QED) is 0.607. The number of nitrogens with one attached hydrogen (secondary N) is 1. The third kappa shape index (κ3) is 4.43. The molecule has 7 nitrogen and oxygen atoms in total. The predicted octanol–water partition coefficient (Wildman–Crippen LogP) is 3.75. The summed E-state index contributed by atoms with van der Waals surface area (Å²) in [4.78, 5) is 25.1. The lowest BCUT2D eigenvalue weighted by atomic mass is 9.53. The molecule has 180 valence electrons. The zero-order valence-corrected chi connectivity index (χ0v) is 20.1. The summed E-state index contributed by atoms with van der Waals surface area (Å²) in [6.45, 7) is -0.336. The molecule has 4 saturated carbocycles. The molecule has 0 spiro atoms. The maximum atomic E-state index is 12.9. The molecule has 6 rings (SSSR count). The minimum absolute atomic E-state index is 0.0648. The molecule has 34 heavy (non-hydrogen) atoms. The Morgan fingerprint density at radius 1 is 0.941 bits per heavy atom. The smallest absolute Gasteiger partial charge is 0.338 e. The van der Waals surface area contributed by atoms with E-state index in [0.717, 1.165) is 19.3 Å². The predicted molar refractivity (Wildman–Crippen MR) is 128 cm³/mol. The van der Waals surface area contributed by atoms with Crippen LogP contribution in [0.1, 0.15) is 48.9 Å². The fourth-order valence-electron chi connectivity index (χ4n) is 6.51. The molecule has 8 heteroatoms. The van der Waals surface area contributed by atoms with Gasteiger partial charge in [0.05, 0.1) is 16.1 Å². The Morgan fingerprint density at radius 3 is 2.06 bits per heavy atom. The molecule has 2 aromatic carbocycles. The number of rotatable bonds is 7. The van der Waals surface area contributed by atoms with Crippen molar-refractivity contribution in [2.75, 3.05) is 18.0 Å². The summed E-state index contributed by atoms with van der Waals surface area (Å²) in [6, 6.07) is 14.3. The molecule has 0 radical (unpaired) electrons. The Kier molecular flexibility index (Phi) is 5.88. The molecule has 4 aliphatic rings. The van der Waals surface area contributed by atoms with Crippen LogP contribution in [-0.4, -0.2) is 39.5 Å². The van der Waals surface area contributed by atoms with Crippen LogP contribution in [0.4, 0.5) is 5.69 Å². The fraction of sp³-hybridized carbons (Fsp3) is 0.462. The Morgan fingerprint density at radius 2 is 1.50 bits per heavy atom. The van der Waals surface area contributed by atoms with Gasteiger partial charge in [0.2, 0.25) is 0 Å². The van der Waals surface area contributed by atoms with Crippen LogP contribution >= 0.6 is 0 Å². The van der Waals surface area contributed by atoms with Crippen LogP contribution in [0.15, 0.2) is 59.5 Å². The lowest BCUT2D eigenvalue weighted by Crippen LogP contribution is -2.60. The first kappa shape index (κ1) is 22.9. The fourth-order valence-corrected chi connectivity index (χ4v) is 7.70. The number of ether oxygens (including phenoxy) is 1. The van der Waals surface area contributed by atoms with Crippen LogP contribution in [0, 0.1) is 17.8 Å².